The van der Waals surface area contributed by atoms with Gasteiger partial charge in [-0.2, -0.15) is 0 Å². The van der Waals surface area contributed by atoms with Crippen molar-refractivity contribution in [2.45, 2.75) is 13.3 Å². The zero-order valence-electron chi connectivity index (χ0n) is 15.1. The fourth-order valence-corrected chi connectivity index (χ4v) is 1.96. The van der Waals surface area contributed by atoms with Gasteiger partial charge < -0.3 is 25.4 Å². The van der Waals surface area contributed by atoms with Crippen molar-refractivity contribution < 1.29 is 14.3 Å². The molecule has 0 saturated carbocycles. The number of amides is 1. The van der Waals surface area contributed by atoms with Crippen LogP contribution in [0.25, 0.3) is 0 Å². The average molecular weight is 464 g/mol. The maximum absolute atomic E-state index is 11.6. The second kappa shape index (κ2) is 14.8. The molecular weight excluding hydrogens is 435 g/mol. The molecule has 7 nitrogen and oxygen atoms in total. The number of nitrogens with one attached hydrogen (secondary N) is 3. The molecule has 0 aromatic heterocycles. The topological polar surface area (TPSA) is 84.0 Å². The van der Waals surface area contributed by atoms with Crippen LogP contribution in [0.4, 0.5) is 0 Å². The summed E-state index contributed by atoms with van der Waals surface area (Å²) in [6.07, 6.45) is 0.856. The standard InChI is InChI=1S/C17H28N4O3.HI/c1-4-18-17(21-13-16(22)19-11-12-23-2)20-10-9-14-5-7-15(24-3)8-6-14;/h5-8H,4,9-13H2,1-3H3,(H,19,22)(H2,18,20,21);1H. The lowest BCUT2D eigenvalue weighted by Gasteiger charge is -2.11. The van der Waals surface area contributed by atoms with Gasteiger partial charge in [0.05, 0.1) is 13.7 Å². The molecule has 142 valence electrons. The van der Waals surface area contributed by atoms with Gasteiger partial charge in [-0.25, -0.2) is 4.99 Å². The van der Waals surface area contributed by atoms with Crippen molar-refractivity contribution in [3.05, 3.63) is 29.8 Å². The predicted molar refractivity (Wildman–Crippen MR) is 111 cm³/mol. The number of guanidine groups is 1. The Balaban J connectivity index is 0.00000576. The predicted octanol–water partition coefficient (Wildman–Crippen LogP) is 1.17. The summed E-state index contributed by atoms with van der Waals surface area (Å²) in [5, 5.41) is 9.08. The van der Waals surface area contributed by atoms with E-state index < -0.39 is 0 Å². The molecular formula is C17H29IN4O3. The van der Waals surface area contributed by atoms with Crippen LogP contribution in [0.15, 0.2) is 29.3 Å². The summed E-state index contributed by atoms with van der Waals surface area (Å²) in [7, 11) is 3.25. The summed E-state index contributed by atoms with van der Waals surface area (Å²) in [5.74, 6) is 1.36. The van der Waals surface area contributed by atoms with Gasteiger partial charge in [-0.3, -0.25) is 4.79 Å². The monoisotopic (exact) mass is 464 g/mol. The quantitative estimate of drug-likeness (QED) is 0.210. The van der Waals surface area contributed by atoms with Crippen molar-refractivity contribution in [1.29, 1.82) is 0 Å². The Bertz CT molecular complexity index is 509. The summed E-state index contributed by atoms with van der Waals surface area (Å²) >= 11 is 0. The molecule has 0 bridgehead atoms. The number of carbonyl (C=O) groups excluding carboxylic acids is 1. The van der Waals surface area contributed by atoms with Gasteiger partial charge in [0.2, 0.25) is 5.91 Å². The van der Waals surface area contributed by atoms with Crippen LogP contribution in [0.1, 0.15) is 12.5 Å². The first-order valence-electron chi connectivity index (χ1n) is 8.10. The summed E-state index contributed by atoms with van der Waals surface area (Å²) < 4.78 is 10.0. The van der Waals surface area contributed by atoms with Crippen LogP contribution < -0.4 is 20.7 Å². The average Bonchev–Trinajstić information content (AvgIpc) is 2.60. The van der Waals surface area contributed by atoms with E-state index in [9.17, 15) is 4.79 Å². The first kappa shape index (κ1) is 23.4. The third-order valence-corrected chi connectivity index (χ3v) is 3.22. The maximum atomic E-state index is 11.6. The Morgan fingerprint density at radius 1 is 1.08 bits per heavy atom. The van der Waals surface area contributed by atoms with Gasteiger partial charge in [-0.15, -0.1) is 24.0 Å². The number of rotatable bonds is 10. The molecule has 0 heterocycles. The summed E-state index contributed by atoms with van der Waals surface area (Å²) in [6.45, 7) is 4.52. The highest BCUT2D eigenvalue weighted by atomic mass is 127. The van der Waals surface area contributed by atoms with Gasteiger partial charge in [0, 0.05) is 26.7 Å². The molecule has 0 fully saturated rings. The zero-order chi connectivity index (χ0) is 17.6. The smallest absolute Gasteiger partial charge is 0.241 e. The number of ether oxygens (including phenoxy) is 2. The van der Waals surface area contributed by atoms with Crippen molar-refractivity contribution in [3.8, 4) is 5.75 Å². The van der Waals surface area contributed by atoms with Gasteiger partial charge >= 0.3 is 0 Å². The normalized spacial score (nSPS) is 10.6. The molecule has 0 aliphatic carbocycles. The molecule has 25 heavy (non-hydrogen) atoms. The molecule has 1 aromatic rings. The van der Waals surface area contributed by atoms with Gasteiger partial charge in [-0.05, 0) is 31.0 Å². The number of halogens is 1. The first-order valence-corrected chi connectivity index (χ1v) is 8.10. The van der Waals surface area contributed by atoms with Crippen molar-refractivity contribution in [2.75, 3.05) is 47.0 Å². The van der Waals surface area contributed by atoms with Crippen molar-refractivity contribution >= 4 is 35.8 Å². The van der Waals surface area contributed by atoms with E-state index in [-0.39, 0.29) is 36.4 Å². The van der Waals surface area contributed by atoms with E-state index in [4.69, 9.17) is 9.47 Å². The Morgan fingerprint density at radius 3 is 2.40 bits per heavy atom. The minimum Gasteiger partial charge on any atom is -0.497 e. The van der Waals surface area contributed by atoms with Crippen molar-refractivity contribution in [2.24, 2.45) is 4.99 Å². The lowest BCUT2D eigenvalue weighted by atomic mass is 10.1. The van der Waals surface area contributed by atoms with Gasteiger partial charge in [0.1, 0.15) is 12.3 Å². The number of methoxy groups -OCH3 is 2. The van der Waals surface area contributed by atoms with Crippen LogP contribution in [0.2, 0.25) is 0 Å². The minimum atomic E-state index is -0.126. The van der Waals surface area contributed by atoms with Crippen LogP contribution in [-0.2, 0) is 16.0 Å². The van der Waals surface area contributed by atoms with Crippen LogP contribution in [-0.4, -0.2) is 58.9 Å². The van der Waals surface area contributed by atoms with E-state index >= 15 is 0 Å². The van der Waals surface area contributed by atoms with Crippen LogP contribution in [0.5, 0.6) is 5.75 Å². The van der Waals surface area contributed by atoms with E-state index in [2.05, 4.69) is 20.9 Å². The lowest BCUT2D eigenvalue weighted by molar-refractivity contribution is -0.119. The number of benzene rings is 1. The minimum absolute atomic E-state index is 0. The molecule has 0 atom stereocenters. The Morgan fingerprint density at radius 2 is 1.80 bits per heavy atom. The third kappa shape index (κ3) is 10.8. The molecule has 0 unspecified atom stereocenters. The summed E-state index contributed by atoms with van der Waals surface area (Å²) in [4.78, 5) is 15.9. The highest BCUT2D eigenvalue weighted by Crippen LogP contribution is 2.11. The number of aliphatic imine (C=N–C) groups is 1. The molecule has 0 spiro atoms. The fourth-order valence-electron chi connectivity index (χ4n) is 1.96. The van der Waals surface area contributed by atoms with E-state index in [1.54, 1.807) is 14.2 Å². The SMILES string of the molecule is CCNC(=NCC(=O)NCCOC)NCCc1ccc(OC)cc1.I. The largest absolute Gasteiger partial charge is 0.497 e. The zero-order valence-corrected chi connectivity index (χ0v) is 17.5. The molecule has 0 aliphatic rings. The van der Waals surface area contributed by atoms with E-state index in [0.717, 1.165) is 25.3 Å². The van der Waals surface area contributed by atoms with Gasteiger partial charge in [-0.1, -0.05) is 12.1 Å². The van der Waals surface area contributed by atoms with Crippen molar-refractivity contribution in [1.82, 2.24) is 16.0 Å². The van der Waals surface area contributed by atoms with Gasteiger partial charge in [0.25, 0.3) is 0 Å². The molecule has 0 saturated heterocycles. The van der Waals surface area contributed by atoms with Crippen molar-refractivity contribution in [3.63, 3.8) is 0 Å². The van der Waals surface area contributed by atoms with E-state index in [0.29, 0.717) is 19.1 Å². The number of nitrogens with zero attached hydrogens (tertiary/aromatic N) is 1. The third-order valence-electron chi connectivity index (χ3n) is 3.22. The van der Waals surface area contributed by atoms with Crippen LogP contribution in [0.3, 0.4) is 0 Å². The molecule has 0 radical (unpaired) electrons. The fraction of sp³-hybridized carbons (Fsp3) is 0.529. The number of hydrogen-bond acceptors (Lipinski definition) is 4. The number of carbonyl (C=O) groups is 1. The lowest BCUT2D eigenvalue weighted by Crippen LogP contribution is -2.39. The van der Waals surface area contributed by atoms with E-state index in [1.807, 2.05) is 31.2 Å². The second-order valence-corrected chi connectivity index (χ2v) is 5.06. The van der Waals surface area contributed by atoms with E-state index in [1.165, 1.54) is 5.56 Å². The van der Waals surface area contributed by atoms with Crippen LogP contribution >= 0.6 is 24.0 Å². The number of hydrogen-bond donors (Lipinski definition) is 3. The molecule has 1 amide bonds. The highest BCUT2D eigenvalue weighted by molar-refractivity contribution is 14.0. The van der Waals surface area contributed by atoms with Crippen LogP contribution in [0, 0.1) is 0 Å². The Labute approximate surface area is 167 Å². The molecule has 1 rings (SSSR count). The maximum Gasteiger partial charge on any atom is 0.241 e. The highest BCUT2D eigenvalue weighted by Gasteiger charge is 2.02. The first-order chi connectivity index (χ1) is 11.7. The van der Waals surface area contributed by atoms with Gasteiger partial charge in [0.15, 0.2) is 5.96 Å². The second-order valence-electron chi connectivity index (χ2n) is 5.06. The summed E-state index contributed by atoms with van der Waals surface area (Å²) in [5.41, 5.74) is 1.21. The Kier molecular flexibility index (Phi) is 13.8. The molecule has 8 heteroatoms. The molecule has 3 N–H and O–H groups in total. The molecule has 1 aromatic carbocycles. The summed E-state index contributed by atoms with van der Waals surface area (Å²) in [6, 6.07) is 7.96. The molecule has 0 aliphatic heterocycles. The Hall–Kier alpha value is -1.55.